The Morgan fingerprint density at radius 2 is 2.15 bits per heavy atom. The van der Waals surface area contributed by atoms with E-state index in [1.807, 2.05) is 38.1 Å². The molecule has 0 radical (unpaired) electrons. The van der Waals surface area contributed by atoms with Crippen LogP contribution in [0.25, 0.3) is 10.4 Å². The van der Waals surface area contributed by atoms with Gasteiger partial charge in [-0.25, -0.2) is 9.78 Å². The Labute approximate surface area is 129 Å². The lowest BCUT2D eigenvalue weighted by Gasteiger charge is -2.10. The van der Waals surface area contributed by atoms with Crippen molar-refractivity contribution in [1.29, 1.82) is 0 Å². The molecule has 0 amide bonds. The molecule has 1 aromatic carbocycles. The van der Waals surface area contributed by atoms with Crippen LogP contribution in [0.5, 0.6) is 5.75 Å². The summed E-state index contributed by atoms with van der Waals surface area (Å²) in [5.41, 5.74) is 1.19. The van der Waals surface area contributed by atoms with Crippen molar-refractivity contribution in [2.24, 2.45) is 0 Å². The van der Waals surface area contributed by atoms with Gasteiger partial charge in [0.1, 0.15) is 5.75 Å². The van der Waals surface area contributed by atoms with Crippen LogP contribution in [-0.4, -0.2) is 24.2 Å². The number of methoxy groups -OCH3 is 1. The Morgan fingerprint density at radius 1 is 1.40 bits per heavy atom. The van der Waals surface area contributed by atoms with E-state index in [0.717, 1.165) is 16.2 Å². The highest BCUT2D eigenvalue weighted by Gasteiger charge is 2.19. The second-order valence-corrected chi connectivity index (χ2v) is 6.61. The molecule has 1 heterocycles. The molecule has 0 unspecified atom stereocenters. The molecule has 20 heavy (non-hydrogen) atoms. The van der Waals surface area contributed by atoms with E-state index in [1.165, 1.54) is 18.4 Å². The van der Waals surface area contributed by atoms with Gasteiger partial charge in [0, 0.05) is 0 Å². The molecule has 0 saturated heterocycles. The van der Waals surface area contributed by atoms with Gasteiger partial charge < -0.3 is 9.47 Å². The van der Waals surface area contributed by atoms with Crippen LogP contribution in [0.4, 0.5) is 0 Å². The van der Waals surface area contributed by atoms with Crippen LogP contribution in [0.15, 0.2) is 28.2 Å². The van der Waals surface area contributed by atoms with Gasteiger partial charge in [-0.05, 0) is 47.5 Å². The van der Waals surface area contributed by atoms with Crippen LogP contribution in [0.2, 0.25) is 0 Å². The molecule has 0 aliphatic heterocycles. The molecule has 2 aromatic rings. The summed E-state index contributed by atoms with van der Waals surface area (Å²) < 4.78 is 11.1. The zero-order chi connectivity index (χ0) is 14.7. The number of benzene rings is 1. The molecule has 0 N–H and O–H groups in total. The average Bonchev–Trinajstić information content (AvgIpc) is 2.79. The molecule has 0 bridgehead atoms. The van der Waals surface area contributed by atoms with Crippen LogP contribution in [0, 0.1) is 0 Å². The third kappa shape index (κ3) is 3.37. The van der Waals surface area contributed by atoms with Crippen molar-refractivity contribution in [2.45, 2.75) is 20.0 Å². The van der Waals surface area contributed by atoms with E-state index in [1.54, 1.807) is 0 Å². The summed E-state index contributed by atoms with van der Waals surface area (Å²) in [6.07, 6.45) is 0.0959. The zero-order valence-electron chi connectivity index (χ0n) is 11.3. The first kappa shape index (κ1) is 15.0. The largest absolute Gasteiger partial charge is 0.491 e. The highest BCUT2D eigenvalue weighted by Crippen LogP contribution is 2.35. The maximum atomic E-state index is 11.8. The third-order valence-electron chi connectivity index (χ3n) is 2.45. The van der Waals surface area contributed by atoms with Crippen LogP contribution in [-0.2, 0) is 4.74 Å². The molecule has 0 fully saturated rings. The van der Waals surface area contributed by atoms with Gasteiger partial charge in [0.15, 0.2) is 9.61 Å². The summed E-state index contributed by atoms with van der Waals surface area (Å²) >= 11 is 4.69. The maximum Gasteiger partial charge on any atom is 0.358 e. The number of halogens is 1. The summed E-state index contributed by atoms with van der Waals surface area (Å²) in [5, 5.41) is 0. The Hall–Kier alpha value is -1.40. The summed E-state index contributed by atoms with van der Waals surface area (Å²) in [6.45, 7) is 3.94. The van der Waals surface area contributed by atoms with E-state index in [-0.39, 0.29) is 6.10 Å². The molecule has 0 aliphatic carbocycles. The first-order chi connectivity index (χ1) is 9.51. The smallest absolute Gasteiger partial charge is 0.358 e. The number of thiazole rings is 1. The van der Waals surface area contributed by atoms with E-state index in [4.69, 9.17) is 9.47 Å². The lowest BCUT2D eigenvalue weighted by atomic mass is 10.1. The summed E-state index contributed by atoms with van der Waals surface area (Å²) in [5.74, 6) is 0.315. The quantitative estimate of drug-likeness (QED) is 0.773. The van der Waals surface area contributed by atoms with Crippen molar-refractivity contribution < 1.29 is 14.3 Å². The Bertz CT molecular complexity index is 625. The molecular weight excluding hydrogens is 342 g/mol. The fraction of sp³-hybridized carbons (Fsp3) is 0.286. The lowest BCUT2D eigenvalue weighted by molar-refractivity contribution is 0.0595. The number of hydrogen-bond acceptors (Lipinski definition) is 5. The van der Waals surface area contributed by atoms with Crippen molar-refractivity contribution >= 4 is 33.2 Å². The number of hydrogen-bond donors (Lipinski definition) is 0. The Balaban J connectivity index is 2.43. The topological polar surface area (TPSA) is 48.4 Å². The van der Waals surface area contributed by atoms with Gasteiger partial charge in [-0.1, -0.05) is 12.1 Å². The minimum Gasteiger partial charge on any atom is -0.491 e. The molecule has 6 heteroatoms. The second-order valence-electron chi connectivity index (χ2n) is 4.33. The van der Waals surface area contributed by atoms with Crippen LogP contribution in [0.1, 0.15) is 24.3 Å². The summed E-state index contributed by atoms with van der Waals surface area (Å²) in [4.78, 5) is 16.7. The van der Waals surface area contributed by atoms with Gasteiger partial charge in [0.25, 0.3) is 0 Å². The fourth-order valence-corrected chi connectivity index (χ4v) is 3.15. The highest BCUT2D eigenvalue weighted by molar-refractivity contribution is 9.11. The number of nitrogens with zero attached hydrogens (tertiary/aromatic N) is 1. The van der Waals surface area contributed by atoms with Gasteiger partial charge in [0.2, 0.25) is 0 Å². The Kier molecular flexibility index (Phi) is 4.77. The van der Waals surface area contributed by atoms with Crippen molar-refractivity contribution in [3.63, 3.8) is 0 Å². The minimum atomic E-state index is -0.447. The standard InChI is InChI=1S/C14H14BrNO3S/c1-8(2)19-10-6-4-5-9(7-10)12-11(13(17)18-3)16-14(15)20-12/h4-8H,1-3H3. The predicted molar refractivity (Wildman–Crippen MR) is 82.4 cm³/mol. The second kappa shape index (κ2) is 6.37. The summed E-state index contributed by atoms with van der Waals surface area (Å²) in [7, 11) is 1.34. The van der Waals surface area contributed by atoms with Crippen molar-refractivity contribution in [3.8, 4) is 16.2 Å². The maximum absolute atomic E-state index is 11.8. The van der Waals surface area contributed by atoms with Gasteiger partial charge in [0.05, 0.1) is 18.1 Å². The van der Waals surface area contributed by atoms with Crippen LogP contribution >= 0.6 is 27.3 Å². The van der Waals surface area contributed by atoms with Crippen LogP contribution < -0.4 is 4.74 Å². The van der Waals surface area contributed by atoms with Crippen LogP contribution in [0.3, 0.4) is 0 Å². The van der Waals surface area contributed by atoms with Crippen molar-refractivity contribution in [2.75, 3.05) is 7.11 Å². The van der Waals surface area contributed by atoms with Crippen molar-refractivity contribution in [1.82, 2.24) is 4.98 Å². The van der Waals surface area contributed by atoms with E-state index >= 15 is 0 Å². The molecule has 106 valence electrons. The molecule has 0 spiro atoms. The zero-order valence-corrected chi connectivity index (χ0v) is 13.7. The normalized spacial score (nSPS) is 10.7. The highest BCUT2D eigenvalue weighted by atomic mass is 79.9. The molecule has 4 nitrogen and oxygen atoms in total. The monoisotopic (exact) mass is 355 g/mol. The molecule has 0 atom stereocenters. The number of ether oxygens (including phenoxy) is 2. The number of carbonyl (C=O) groups is 1. The lowest BCUT2D eigenvalue weighted by Crippen LogP contribution is -2.05. The average molecular weight is 356 g/mol. The van der Waals surface area contributed by atoms with Gasteiger partial charge >= 0.3 is 5.97 Å². The summed E-state index contributed by atoms with van der Waals surface area (Å²) in [6, 6.07) is 7.59. The van der Waals surface area contributed by atoms with E-state index in [0.29, 0.717) is 9.61 Å². The number of rotatable bonds is 4. The Morgan fingerprint density at radius 3 is 2.80 bits per heavy atom. The van der Waals surface area contributed by atoms with Crippen molar-refractivity contribution in [3.05, 3.63) is 33.9 Å². The molecular formula is C14H14BrNO3S. The SMILES string of the molecule is COC(=O)c1nc(Br)sc1-c1cccc(OC(C)C)c1. The third-order valence-corrected chi connectivity index (χ3v) is 4.00. The van der Waals surface area contributed by atoms with Gasteiger partial charge in [-0.2, -0.15) is 0 Å². The molecule has 0 saturated carbocycles. The van der Waals surface area contributed by atoms with E-state index < -0.39 is 5.97 Å². The van der Waals surface area contributed by atoms with E-state index in [9.17, 15) is 4.79 Å². The number of carbonyl (C=O) groups excluding carboxylic acids is 1. The fourth-order valence-electron chi connectivity index (χ4n) is 1.71. The first-order valence-corrected chi connectivity index (χ1v) is 7.64. The minimum absolute atomic E-state index is 0.0959. The first-order valence-electron chi connectivity index (χ1n) is 6.03. The van der Waals surface area contributed by atoms with Gasteiger partial charge in [-0.15, -0.1) is 11.3 Å². The van der Waals surface area contributed by atoms with Gasteiger partial charge in [-0.3, -0.25) is 0 Å². The van der Waals surface area contributed by atoms with E-state index in [2.05, 4.69) is 20.9 Å². The molecule has 2 rings (SSSR count). The molecule has 0 aliphatic rings. The number of aromatic nitrogens is 1. The number of esters is 1. The molecule has 1 aromatic heterocycles. The predicted octanol–water partition coefficient (Wildman–Crippen LogP) is 4.15.